The first-order valence-corrected chi connectivity index (χ1v) is 9.95. The van der Waals surface area contributed by atoms with Crippen molar-refractivity contribution in [3.8, 4) is 5.75 Å². The maximum absolute atomic E-state index is 12.7. The quantitative estimate of drug-likeness (QED) is 0.817. The molecule has 3 rings (SSSR count). The van der Waals surface area contributed by atoms with E-state index in [2.05, 4.69) is 5.32 Å². The summed E-state index contributed by atoms with van der Waals surface area (Å²) < 4.78 is 32.3. The molecule has 0 aliphatic carbocycles. The molecule has 0 saturated heterocycles. The fourth-order valence-corrected chi connectivity index (χ4v) is 4.06. The number of nitrogens with one attached hydrogen (secondary N) is 1. The van der Waals surface area contributed by atoms with Gasteiger partial charge in [0.1, 0.15) is 12.4 Å². The molecule has 8 heteroatoms. The number of anilines is 1. The number of aryl methyl sites for hydroxylation is 1. The molecule has 0 unspecified atom stereocenters. The maximum Gasteiger partial charge on any atom is 0.242 e. The minimum absolute atomic E-state index is 0.0524. The Kier molecular flexibility index (Phi) is 5.50. The number of hydrogen-bond donors (Lipinski definition) is 1. The molecule has 0 atom stereocenters. The van der Waals surface area contributed by atoms with Crippen molar-refractivity contribution in [1.29, 1.82) is 0 Å². The number of ether oxygens (including phenoxy) is 1. The average molecular weight is 395 g/mol. The molecule has 0 spiro atoms. The molecule has 1 amide bonds. The van der Waals surface area contributed by atoms with Crippen LogP contribution in [0.25, 0.3) is 0 Å². The van der Waals surface area contributed by atoms with E-state index in [0.29, 0.717) is 29.3 Å². The molecule has 0 bridgehead atoms. The van der Waals surface area contributed by atoms with Gasteiger partial charge in [-0.05, 0) is 48.4 Å². The number of hydrogen-bond acceptors (Lipinski definition) is 4. The van der Waals surface area contributed by atoms with Crippen LogP contribution in [0.5, 0.6) is 5.75 Å². The third kappa shape index (κ3) is 4.17. The number of benzene rings is 2. The first kappa shape index (κ1) is 18.7. The van der Waals surface area contributed by atoms with E-state index in [1.807, 2.05) is 0 Å². The van der Waals surface area contributed by atoms with Crippen molar-refractivity contribution in [2.45, 2.75) is 17.7 Å². The predicted molar refractivity (Wildman–Crippen MR) is 100 cm³/mol. The summed E-state index contributed by atoms with van der Waals surface area (Å²) in [5.41, 5.74) is 1.50. The van der Waals surface area contributed by atoms with E-state index >= 15 is 0 Å². The summed E-state index contributed by atoms with van der Waals surface area (Å²) in [5, 5.41) is 3.31. The van der Waals surface area contributed by atoms with Crippen molar-refractivity contribution in [1.82, 2.24) is 4.31 Å². The molecule has 138 valence electrons. The van der Waals surface area contributed by atoms with Crippen molar-refractivity contribution in [3.63, 3.8) is 0 Å². The van der Waals surface area contributed by atoms with Gasteiger partial charge in [0, 0.05) is 30.7 Å². The summed E-state index contributed by atoms with van der Waals surface area (Å²) >= 11 is 5.89. The van der Waals surface area contributed by atoms with Gasteiger partial charge in [-0.1, -0.05) is 17.7 Å². The first-order valence-electron chi connectivity index (χ1n) is 8.14. The zero-order valence-electron chi connectivity index (χ0n) is 14.2. The van der Waals surface area contributed by atoms with E-state index in [-0.39, 0.29) is 24.0 Å². The van der Waals surface area contributed by atoms with Crippen LogP contribution in [0.3, 0.4) is 0 Å². The molecule has 0 radical (unpaired) electrons. The highest BCUT2D eigenvalue weighted by atomic mass is 35.5. The fourth-order valence-electron chi connectivity index (χ4n) is 2.67. The maximum atomic E-state index is 12.7. The fraction of sp³-hybridized carbons (Fsp3) is 0.278. The van der Waals surface area contributed by atoms with Crippen LogP contribution < -0.4 is 10.1 Å². The summed E-state index contributed by atoms with van der Waals surface area (Å²) in [6, 6.07) is 11.7. The number of halogens is 1. The van der Waals surface area contributed by atoms with Gasteiger partial charge < -0.3 is 10.1 Å². The zero-order chi connectivity index (χ0) is 18.7. The summed E-state index contributed by atoms with van der Waals surface area (Å²) in [6.45, 7) is 0.403. The number of amides is 1. The van der Waals surface area contributed by atoms with Crippen molar-refractivity contribution < 1.29 is 17.9 Å². The highest BCUT2D eigenvalue weighted by molar-refractivity contribution is 7.89. The molecule has 0 fully saturated rings. The van der Waals surface area contributed by atoms with Gasteiger partial charge in [0.05, 0.1) is 4.90 Å². The Morgan fingerprint density at radius 1 is 1.19 bits per heavy atom. The second-order valence-corrected chi connectivity index (χ2v) is 8.48. The number of fused-ring (bicyclic) bond motifs is 1. The predicted octanol–water partition coefficient (Wildman–Crippen LogP) is 2.92. The number of likely N-dealkylation sites (N-methyl/N-ethyl adjacent to an activating group) is 1. The number of carbonyl (C=O) groups excluding carboxylic acids is 1. The van der Waals surface area contributed by atoms with Gasteiger partial charge in [-0.15, -0.1) is 0 Å². The lowest BCUT2D eigenvalue weighted by Gasteiger charge is -2.21. The Balaban J connectivity index is 1.66. The largest absolute Gasteiger partial charge is 0.492 e. The molecule has 2 aromatic carbocycles. The Morgan fingerprint density at radius 3 is 2.77 bits per heavy atom. The molecule has 26 heavy (non-hydrogen) atoms. The van der Waals surface area contributed by atoms with Crippen molar-refractivity contribution >= 4 is 33.2 Å². The normalized spacial score (nSPS) is 14.0. The molecule has 0 saturated carbocycles. The van der Waals surface area contributed by atoms with Gasteiger partial charge in [-0.25, -0.2) is 8.42 Å². The third-order valence-electron chi connectivity index (χ3n) is 4.15. The van der Waals surface area contributed by atoms with Gasteiger partial charge in [-0.2, -0.15) is 4.31 Å². The molecular formula is C18H19ClN2O4S. The smallest absolute Gasteiger partial charge is 0.242 e. The Bertz CT molecular complexity index is 931. The summed E-state index contributed by atoms with van der Waals surface area (Å²) in [4.78, 5) is 11.6. The van der Waals surface area contributed by atoms with E-state index in [9.17, 15) is 13.2 Å². The highest BCUT2D eigenvalue weighted by Crippen LogP contribution is 2.26. The molecule has 1 heterocycles. The third-order valence-corrected chi connectivity index (χ3v) is 6.24. The van der Waals surface area contributed by atoms with E-state index in [0.717, 1.165) is 5.56 Å². The molecule has 1 N–H and O–H groups in total. The van der Waals surface area contributed by atoms with Gasteiger partial charge >= 0.3 is 0 Å². The van der Waals surface area contributed by atoms with Crippen molar-refractivity contribution in [2.24, 2.45) is 0 Å². The van der Waals surface area contributed by atoms with Gasteiger partial charge in [-0.3, -0.25) is 4.79 Å². The van der Waals surface area contributed by atoms with E-state index in [1.54, 1.807) is 36.4 Å². The molecule has 1 aliphatic rings. The molecule has 2 aromatic rings. The molecule has 0 aromatic heterocycles. The van der Waals surface area contributed by atoms with Gasteiger partial charge in [0.2, 0.25) is 15.9 Å². The second-order valence-electron chi connectivity index (χ2n) is 6.00. The highest BCUT2D eigenvalue weighted by Gasteiger charge is 2.23. The van der Waals surface area contributed by atoms with Crippen LogP contribution in [0.15, 0.2) is 47.4 Å². The standard InChI is InChI=1S/C18H19ClN2O4S/c1-21(9-10-25-15-4-2-3-14(19)12-15)26(23,24)16-6-7-17-13(11-16)5-8-18(22)20-17/h2-4,6-7,11-12H,5,8-10H2,1H3,(H,20,22). The number of nitrogens with zero attached hydrogens (tertiary/aromatic N) is 1. The topological polar surface area (TPSA) is 75.7 Å². The Morgan fingerprint density at radius 2 is 2.00 bits per heavy atom. The van der Waals surface area contributed by atoms with E-state index < -0.39 is 10.0 Å². The van der Waals surface area contributed by atoms with Crippen LogP contribution in [-0.4, -0.2) is 38.8 Å². The van der Waals surface area contributed by atoms with Crippen LogP contribution in [0.4, 0.5) is 5.69 Å². The minimum Gasteiger partial charge on any atom is -0.492 e. The first-order chi connectivity index (χ1) is 12.4. The van der Waals surface area contributed by atoms with Gasteiger partial charge in [0.25, 0.3) is 0 Å². The molecular weight excluding hydrogens is 376 g/mol. The minimum atomic E-state index is -3.63. The van der Waals surface area contributed by atoms with E-state index in [1.165, 1.54) is 17.4 Å². The average Bonchev–Trinajstić information content (AvgIpc) is 2.61. The number of rotatable bonds is 6. The number of sulfonamides is 1. The Labute approximate surface area is 157 Å². The van der Waals surface area contributed by atoms with Crippen LogP contribution in [-0.2, 0) is 21.2 Å². The monoisotopic (exact) mass is 394 g/mol. The van der Waals surface area contributed by atoms with Crippen LogP contribution in [0, 0.1) is 0 Å². The van der Waals surface area contributed by atoms with Crippen LogP contribution >= 0.6 is 11.6 Å². The zero-order valence-corrected chi connectivity index (χ0v) is 15.8. The lowest BCUT2D eigenvalue weighted by molar-refractivity contribution is -0.116. The number of carbonyl (C=O) groups is 1. The van der Waals surface area contributed by atoms with E-state index in [4.69, 9.17) is 16.3 Å². The second kappa shape index (κ2) is 7.65. The SMILES string of the molecule is CN(CCOc1cccc(Cl)c1)S(=O)(=O)c1ccc2c(c1)CCC(=O)N2. The van der Waals surface area contributed by atoms with Crippen LogP contribution in [0.2, 0.25) is 5.02 Å². The van der Waals surface area contributed by atoms with Gasteiger partial charge in [0.15, 0.2) is 0 Å². The lowest BCUT2D eigenvalue weighted by atomic mass is 10.0. The summed E-state index contributed by atoms with van der Waals surface area (Å²) in [6.07, 6.45) is 0.895. The molecule has 1 aliphatic heterocycles. The molecule has 6 nitrogen and oxygen atoms in total. The van der Waals surface area contributed by atoms with Crippen molar-refractivity contribution in [3.05, 3.63) is 53.1 Å². The summed E-state index contributed by atoms with van der Waals surface area (Å²) in [5.74, 6) is 0.538. The Hall–Kier alpha value is -2.09. The van der Waals surface area contributed by atoms with Crippen molar-refractivity contribution in [2.75, 3.05) is 25.5 Å². The van der Waals surface area contributed by atoms with Crippen LogP contribution in [0.1, 0.15) is 12.0 Å². The lowest BCUT2D eigenvalue weighted by Crippen LogP contribution is -2.31. The summed E-state index contributed by atoms with van der Waals surface area (Å²) in [7, 11) is -2.12.